The summed E-state index contributed by atoms with van der Waals surface area (Å²) in [5.41, 5.74) is 4.21. The largest absolute Gasteiger partial charge is 0.418 e. The molecule has 0 aliphatic rings. The normalized spacial score (nSPS) is 10.8. The Morgan fingerprint density at radius 3 is 2.08 bits per heavy atom. The Morgan fingerprint density at radius 1 is 0.880 bits per heavy atom. The molecule has 0 unspecified atom stereocenters. The highest BCUT2D eigenvalue weighted by Crippen LogP contribution is 2.34. The first kappa shape index (κ1) is 18.0. The molecule has 0 aliphatic carbocycles. The summed E-state index contributed by atoms with van der Waals surface area (Å²) in [6.45, 7) is 0. The van der Waals surface area contributed by atoms with Gasteiger partial charge in [0.05, 0.1) is 11.3 Å². The third-order valence-corrected chi connectivity index (χ3v) is 3.09. The first-order valence-corrected chi connectivity index (χ1v) is 6.87. The summed E-state index contributed by atoms with van der Waals surface area (Å²) < 4.78 is 38.5. The van der Waals surface area contributed by atoms with Gasteiger partial charge >= 0.3 is 18.0 Å². The molecule has 2 rings (SSSR count). The molecular formula is C16H12F3N3O3. The van der Waals surface area contributed by atoms with Crippen molar-refractivity contribution >= 4 is 29.1 Å². The number of nitrogens with two attached hydrogens (primary N) is 1. The Hall–Kier alpha value is -3.36. The van der Waals surface area contributed by atoms with E-state index in [1.54, 1.807) is 5.32 Å². The van der Waals surface area contributed by atoms with Crippen molar-refractivity contribution in [1.82, 2.24) is 5.32 Å². The van der Waals surface area contributed by atoms with Crippen LogP contribution in [0, 0.1) is 0 Å². The van der Waals surface area contributed by atoms with Crippen LogP contribution in [0.25, 0.3) is 0 Å². The van der Waals surface area contributed by atoms with E-state index >= 15 is 0 Å². The van der Waals surface area contributed by atoms with Gasteiger partial charge in [-0.15, -0.1) is 0 Å². The molecule has 0 spiro atoms. The molecular weight excluding hydrogens is 339 g/mol. The Morgan fingerprint density at radius 2 is 1.48 bits per heavy atom. The molecule has 25 heavy (non-hydrogen) atoms. The number of hydrogen-bond acceptors (Lipinski definition) is 4. The molecule has 0 atom stereocenters. The second kappa shape index (κ2) is 7.04. The number of nitrogens with one attached hydrogen (secondary N) is 2. The van der Waals surface area contributed by atoms with Gasteiger partial charge in [-0.3, -0.25) is 19.7 Å². The number of rotatable bonds is 2. The van der Waals surface area contributed by atoms with Crippen LogP contribution in [0.15, 0.2) is 48.5 Å². The average molecular weight is 351 g/mol. The highest BCUT2D eigenvalue weighted by atomic mass is 19.4. The van der Waals surface area contributed by atoms with Crippen molar-refractivity contribution < 1.29 is 27.6 Å². The zero-order valence-electron chi connectivity index (χ0n) is 12.6. The zero-order chi connectivity index (χ0) is 18.6. The molecule has 130 valence electrons. The van der Waals surface area contributed by atoms with Gasteiger partial charge in [0.15, 0.2) is 0 Å². The number of carbonyl (C=O) groups is 3. The lowest BCUT2D eigenvalue weighted by Crippen LogP contribution is -2.39. The third-order valence-electron chi connectivity index (χ3n) is 3.09. The molecule has 0 aromatic heterocycles. The Balaban J connectivity index is 2.08. The molecule has 2 aromatic carbocycles. The van der Waals surface area contributed by atoms with E-state index in [-0.39, 0.29) is 5.56 Å². The minimum atomic E-state index is -4.71. The number of para-hydroxylation sites is 1. The SMILES string of the molecule is Nc1ccc(C(=O)NC(=O)C(=O)Nc2ccccc2C(F)(F)F)cc1. The number of hydrogen-bond donors (Lipinski definition) is 3. The fourth-order valence-electron chi connectivity index (χ4n) is 1.88. The van der Waals surface area contributed by atoms with E-state index in [1.807, 2.05) is 5.32 Å². The molecule has 0 aliphatic heterocycles. The van der Waals surface area contributed by atoms with Gasteiger partial charge < -0.3 is 11.1 Å². The highest BCUT2D eigenvalue weighted by Gasteiger charge is 2.34. The highest BCUT2D eigenvalue weighted by molar-refractivity contribution is 6.42. The molecule has 0 saturated carbocycles. The van der Waals surface area contributed by atoms with E-state index in [1.165, 1.54) is 30.3 Å². The van der Waals surface area contributed by atoms with Gasteiger partial charge in [0.25, 0.3) is 5.91 Å². The lowest BCUT2D eigenvalue weighted by atomic mass is 10.1. The molecule has 0 saturated heterocycles. The second-order valence-electron chi connectivity index (χ2n) is 4.90. The van der Waals surface area contributed by atoms with Gasteiger partial charge in [-0.25, -0.2) is 0 Å². The van der Waals surface area contributed by atoms with Crippen LogP contribution in [0.3, 0.4) is 0 Å². The number of benzene rings is 2. The number of carbonyl (C=O) groups excluding carboxylic acids is 3. The van der Waals surface area contributed by atoms with E-state index in [0.29, 0.717) is 5.69 Å². The predicted molar refractivity (Wildman–Crippen MR) is 83.4 cm³/mol. The van der Waals surface area contributed by atoms with E-state index < -0.39 is 35.1 Å². The quantitative estimate of drug-likeness (QED) is 0.570. The summed E-state index contributed by atoms with van der Waals surface area (Å²) in [6, 6.07) is 9.65. The van der Waals surface area contributed by atoms with Crippen molar-refractivity contribution in [3.63, 3.8) is 0 Å². The molecule has 0 heterocycles. The number of alkyl halides is 3. The molecule has 9 heteroatoms. The summed E-state index contributed by atoms with van der Waals surface area (Å²) in [4.78, 5) is 35.3. The molecule has 2 aromatic rings. The summed E-state index contributed by atoms with van der Waals surface area (Å²) in [5, 5.41) is 3.62. The Bertz CT molecular complexity index is 817. The molecule has 3 amide bonds. The summed E-state index contributed by atoms with van der Waals surface area (Å²) in [7, 11) is 0. The Kier molecular flexibility index (Phi) is 5.06. The van der Waals surface area contributed by atoms with Gasteiger partial charge in [0, 0.05) is 11.3 Å². The van der Waals surface area contributed by atoms with Crippen LogP contribution in [-0.2, 0) is 15.8 Å². The molecule has 4 N–H and O–H groups in total. The lowest BCUT2D eigenvalue weighted by Gasteiger charge is -2.13. The van der Waals surface area contributed by atoms with Crippen molar-refractivity contribution in [2.45, 2.75) is 6.18 Å². The molecule has 0 fully saturated rings. The van der Waals surface area contributed by atoms with Crippen molar-refractivity contribution in [3.05, 3.63) is 59.7 Å². The minimum Gasteiger partial charge on any atom is -0.399 e. The van der Waals surface area contributed by atoms with Gasteiger partial charge in [-0.2, -0.15) is 13.2 Å². The smallest absolute Gasteiger partial charge is 0.399 e. The topological polar surface area (TPSA) is 101 Å². The van der Waals surface area contributed by atoms with E-state index in [9.17, 15) is 27.6 Å². The van der Waals surface area contributed by atoms with Crippen molar-refractivity contribution in [2.75, 3.05) is 11.1 Å². The summed E-state index contributed by atoms with van der Waals surface area (Å²) in [5.74, 6) is -3.68. The first-order chi connectivity index (χ1) is 11.7. The van der Waals surface area contributed by atoms with Crippen LogP contribution in [-0.4, -0.2) is 17.7 Å². The fraction of sp³-hybridized carbons (Fsp3) is 0.0625. The molecule has 0 bridgehead atoms. The van der Waals surface area contributed by atoms with Crippen molar-refractivity contribution in [3.8, 4) is 0 Å². The monoisotopic (exact) mass is 351 g/mol. The van der Waals surface area contributed by atoms with Gasteiger partial charge in [-0.05, 0) is 36.4 Å². The number of nitrogen functional groups attached to an aromatic ring is 1. The van der Waals surface area contributed by atoms with Gasteiger partial charge in [-0.1, -0.05) is 12.1 Å². The van der Waals surface area contributed by atoms with Crippen LogP contribution in [0.1, 0.15) is 15.9 Å². The van der Waals surface area contributed by atoms with E-state index in [0.717, 1.165) is 18.2 Å². The Labute approximate surface area is 139 Å². The predicted octanol–water partition coefficient (Wildman–Crippen LogP) is 2.18. The van der Waals surface area contributed by atoms with Crippen LogP contribution in [0.2, 0.25) is 0 Å². The van der Waals surface area contributed by atoms with Gasteiger partial charge in [0.2, 0.25) is 0 Å². The summed E-state index contributed by atoms with van der Waals surface area (Å²) in [6.07, 6.45) is -4.71. The molecule has 6 nitrogen and oxygen atoms in total. The number of anilines is 2. The van der Waals surface area contributed by atoms with Crippen LogP contribution < -0.4 is 16.4 Å². The van der Waals surface area contributed by atoms with E-state index in [2.05, 4.69) is 0 Å². The first-order valence-electron chi connectivity index (χ1n) is 6.87. The molecule has 0 radical (unpaired) electrons. The van der Waals surface area contributed by atoms with E-state index in [4.69, 9.17) is 5.73 Å². The lowest BCUT2D eigenvalue weighted by molar-refractivity contribution is -0.138. The maximum atomic E-state index is 12.8. The van der Waals surface area contributed by atoms with Crippen LogP contribution in [0.5, 0.6) is 0 Å². The zero-order valence-corrected chi connectivity index (χ0v) is 12.6. The summed E-state index contributed by atoms with van der Waals surface area (Å²) >= 11 is 0. The van der Waals surface area contributed by atoms with Gasteiger partial charge in [0.1, 0.15) is 0 Å². The maximum Gasteiger partial charge on any atom is 0.418 e. The number of amides is 3. The minimum absolute atomic E-state index is 0.0611. The van der Waals surface area contributed by atoms with Crippen molar-refractivity contribution in [2.24, 2.45) is 0 Å². The van der Waals surface area contributed by atoms with Crippen LogP contribution >= 0.6 is 0 Å². The standard InChI is InChI=1S/C16H12F3N3O3/c17-16(18,19)11-3-1-2-4-12(11)21-14(24)15(25)22-13(23)9-5-7-10(20)8-6-9/h1-8H,20H2,(H,21,24)(H,22,23,25). The third kappa shape index (κ3) is 4.56. The maximum absolute atomic E-state index is 12.8. The van der Waals surface area contributed by atoms with Crippen molar-refractivity contribution in [1.29, 1.82) is 0 Å². The number of halogens is 3. The average Bonchev–Trinajstić information content (AvgIpc) is 2.54. The fourth-order valence-corrected chi connectivity index (χ4v) is 1.88. The van der Waals surface area contributed by atoms with Crippen LogP contribution in [0.4, 0.5) is 24.5 Å². The number of imide groups is 1. The second-order valence-corrected chi connectivity index (χ2v) is 4.90.